The maximum absolute atomic E-state index is 5.35. The molecule has 7 nitrogen and oxygen atoms in total. The summed E-state index contributed by atoms with van der Waals surface area (Å²) in [7, 11) is 3.96. The summed E-state index contributed by atoms with van der Waals surface area (Å²) in [6.45, 7) is 4.74. The van der Waals surface area contributed by atoms with Gasteiger partial charge in [-0.05, 0) is 12.1 Å². The van der Waals surface area contributed by atoms with Crippen LogP contribution in [0.25, 0.3) is 11.5 Å². The molecule has 0 spiro atoms. The van der Waals surface area contributed by atoms with Crippen LogP contribution in [0.2, 0.25) is 0 Å². The van der Waals surface area contributed by atoms with Crippen molar-refractivity contribution in [3.8, 4) is 11.5 Å². The molecule has 0 aliphatic rings. The summed E-state index contributed by atoms with van der Waals surface area (Å²) in [5.41, 5.74) is 0.862. The molecule has 0 aliphatic heterocycles. The number of aryl methyl sites for hydroxylation is 1. The Bertz CT molecular complexity index is 791. The Balaban J connectivity index is 1.82. The molecule has 0 radical (unpaired) electrons. The lowest BCUT2D eigenvalue weighted by Gasteiger charge is -2.18. The van der Waals surface area contributed by atoms with Crippen LogP contribution in [0.15, 0.2) is 35.2 Å². The molecule has 7 heteroatoms. The van der Waals surface area contributed by atoms with Crippen LogP contribution >= 0.6 is 0 Å². The fourth-order valence-corrected chi connectivity index (χ4v) is 2.19. The van der Waals surface area contributed by atoms with E-state index in [0.29, 0.717) is 18.3 Å². The number of nitrogens with zero attached hydrogens (tertiary/aromatic N) is 6. The van der Waals surface area contributed by atoms with Crippen LogP contribution in [0.4, 0.5) is 5.82 Å². The van der Waals surface area contributed by atoms with Gasteiger partial charge in [-0.3, -0.25) is 0 Å². The van der Waals surface area contributed by atoms with E-state index in [4.69, 9.17) is 4.52 Å². The van der Waals surface area contributed by atoms with E-state index in [-0.39, 0.29) is 5.92 Å². The molecule has 0 unspecified atom stereocenters. The van der Waals surface area contributed by atoms with E-state index in [1.165, 1.54) is 0 Å². The summed E-state index contributed by atoms with van der Waals surface area (Å²) in [4.78, 5) is 15.2. The summed E-state index contributed by atoms with van der Waals surface area (Å²) in [5, 5.41) is 4.01. The average Bonchev–Trinajstić information content (AvgIpc) is 3.17. The Morgan fingerprint density at radius 2 is 2.09 bits per heavy atom. The van der Waals surface area contributed by atoms with Gasteiger partial charge in [0, 0.05) is 44.2 Å². The number of imidazole rings is 1. The fraction of sp³-hybridized carbons (Fsp3) is 0.375. The lowest BCUT2D eigenvalue weighted by molar-refractivity contribution is 0.419. The number of aromatic nitrogens is 5. The van der Waals surface area contributed by atoms with Crippen molar-refractivity contribution >= 4 is 5.82 Å². The molecule has 0 saturated carbocycles. The number of hydrogen-bond donors (Lipinski definition) is 0. The number of rotatable bonds is 5. The van der Waals surface area contributed by atoms with Crippen LogP contribution in [0.3, 0.4) is 0 Å². The van der Waals surface area contributed by atoms with Crippen LogP contribution in [-0.2, 0) is 13.6 Å². The Hall–Kier alpha value is -2.70. The van der Waals surface area contributed by atoms with Gasteiger partial charge >= 0.3 is 0 Å². The molecule has 0 fully saturated rings. The Kier molecular flexibility index (Phi) is 4.10. The zero-order valence-corrected chi connectivity index (χ0v) is 13.8. The van der Waals surface area contributed by atoms with Crippen LogP contribution in [0, 0.1) is 0 Å². The van der Waals surface area contributed by atoms with Crippen molar-refractivity contribution in [2.75, 3.05) is 11.9 Å². The first-order valence-corrected chi connectivity index (χ1v) is 7.52. The highest BCUT2D eigenvalue weighted by Gasteiger charge is 2.14. The maximum atomic E-state index is 5.35. The number of pyridine rings is 1. The zero-order valence-electron chi connectivity index (χ0n) is 13.8. The van der Waals surface area contributed by atoms with Crippen molar-refractivity contribution in [3.05, 3.63) is 42.4 Å². The van der Waals surface area contributed by atoms with Crippen molar-refractivity contribution < 1.29 is 4.52 Å². The molecule has 0 bridgehead atoms. The minimum absolute atomic E-state index is 0.236. The Labute approximate surface area is 135 Å². The minimum atomic E-state index is 0.236. The van der Waals surface area contributed by atoms with Crippen molar-refractivity contribution in [1.29, 1.82) is 0 Å². The molecule has 0 aliphatic carbocycles. The molecule has 0 N–H and O–H groups in total. The molecule has 0 aromatic carbocycles. The first kappa shape index (κ1) is 15.2. The Morgan fingerprint density at radius 1 is 1.26 bits per heavy atom. The second kappa shape index (κ2) is 6.20. The van der Waals surface area contributed by atoms with E-state index in [1.54, 1.807) is 12.4 Å². The van der Waals surface area contributed by atoms with E-state index in [2.05, 4.69) is 20.1 Å². The monoisotopic (exact) mass is 312 g/mol. The molecular formula is C16H20N6O. The van der Waals surface area contributed by atoms with Gasteiger partial charge in [-0.25, -0.2) is 9.97 Å². The molecule has 3 rings (SSSR count). The molecular weight excluding hydrogens is 292 g/mol. The van der Waals surface area contributed by atoms with Gasteiger partial charge in [-0.1, -0.05) is 19.0 Å². The summed E-state index contributed by atoms with van der Waals surface area (Å²) < 4.78 is 7.34. The van der Waals surface area contributed by atoms with Gasteiger partial charge in [-0.2, -0.15) is 4.98 Å². The average molecular weight is 312 g/mol. The van der Waals surface area contributed by atoms with Gasteiger partial charge in [0.2, 0.25) is 0 Å². The van der Waals surface area contributed by atoms with E-state index in [0.717, 1.165) is 17.2 Å². The van der Waals surface area contributed by atoms with Crippen LogP contribution < -0.4 is 4.90 Å². The van der Waals surface area contributed by atoms with Crippen molar-refractivity contribution in [2.24, 2.45) is 7.05 Å². The molecule has 3 aromatic heterocycles. The number of hydrogen-bond acceptors (Lipinski definition) is 6. The van der Waals surface area contributed by atoms with Gasteiger partial charge < -0.3 is 14.0 Å². The quantitative estimate of drug-likeness (QED) is 0.721. The van der Waals surface area contributed by atoms with Gasteiger partial charge in [0.1, 0.15) is 11.6 Å². The van der Waals surface area contributed by atoms with Crippen molar-refractivity contribution in [3.63, 3.8) is 0 Å². The van der Waals surface area contributed by atoms with Crippen molar-refractivity contribution in [1.82, 2.24) is 24.7 Å². The second-order valence-electron chi connectivity index (χ2n) is 5.83. The minimum Gasteiger partial charge on any atom is -0.352 e. The highest BCUT2D eigenvalue weighted by Crippen LogP contribution is 2.23. The van der Waals surface area contributed by atoms with E-state index in [1.807, 2.05) is 55.7 Å². The Morgan fingerprint density at radius 3 is 2.74 bits per heavy atom. The fourth-order valence-electron chi connectivity index (χ4n) is 2.19. The van der Waals surface area contributed by atoms with E-state index >= 15 is 0 Å². The first-order chi connectivity index (χ1) is 11.0. The van der Waals surface area contributed by atoms with E-state index in [9.17, 15) is 0 Å². The van der Waals surface area contributed by atoms with Crippen LogP contribution in [0.5, 0.6) is 0 Å². The molecule has 3 heterocycles. The summed E-state index contributed by atoms with van der Waals surface area (Å²) in [6, 6.07) is 3.82. The maximum Gasteiger partial charge on any atom is 0.258 e. The molecule has 0 saturated heterocycles. The smallest absolute Gasteiger partial charge is 0.258 e. The number of anilines is 1. The summed E-state index contributed by atoms with van der Waals surface area (Å²) >= 11 is 0. The third-order valence-corrected chi connectivity index (χ3v) is 3.64. The lowest BCUT2D eigenvalue weighted by atomic mass is 10.2. The predicted octanol–water partition coefficient (Wildman–Crippen LogP) is 2.62. The zero-order chi connectivity index (χ0) is 16.4. The standard InChI is InChI=1S/C16H20N6O/c1-11(2)15-19-16(23-20-15)12-5-6-17-13(9-12)22(4)10-14-18-7-8-21(14)3/h5-9,11H,10H2,1-4H3. The topological polar surface area (TPSA) is 72.9 Å². The lowest BCUT2D eigenvalue weighted by Crippen LogP contribution is -2.20. The molecule has 23 heavy (non-hydrogen) atoms. The van der Waals surface area contributed by atoms with Gasteiger partial charge in [0.15, 0.2) is 5.82 Å². The third kappa shape index (κ3) is 3.23. The van der Waals surface area contributed by atoms with Crippen LogP contribution in [-0.4, -0.2) is 31.7 Å². The molecule has 120 valence electrons. The summed E-state index contributed by atoms with van der Waals surface area (Å²) in [5.74, 6) is 3.26. The van der Waals surface area contributed by atoms with E-state index < -0.39 is 0 Å². The second-order valence-corrected chi connectivity index (χ2v) is 5.83. The molecule has 0 amide bonds. The highest BCUT2D eigenvalue weighted by molar-refractivity contribution is 5.58. The summed E-state index contributed by atoms with van der Waals surface area (Å²) in [6.07, 6.45) is 5.47. The molecule has 3 aromatic rings. The normalized spacial score (nSPS) is 11.2. The largest absolute Gasteiger partial charge is 0.352 e. The molecule has 0 atom stereocenters. The highest BCUT2D eigenvalue weighted by atomic mass is 16.5. The van der Waals surface area contributed by atoms with Gasteiger partial charge in [-0.15, -0.1) is 0 Å². The van der Waals surface area contributed by atoms with Crippen molar-refractivity contribution in [2.45, 2.75) is 26.3 Å². The third-order valence-electron chi connectivity index (χ3n) is 3.64. The van der Waals surface area contributed by atoms with Gasteiger partial charge in [0.25, 0.3) is 5.89 Å². The van der Waals surface area contributed by atoms with Crippen LogP contribution in [0.1, 0.15) is 31.4 Å². The first-order valence-electron chi connectivity index (χ1n) is 7.52. The SMILES string of the molecule is CC(C)c1noc(-c2ccnc(N(C)Cc3nccn3C)c2)n1. The van der Waals surface area contributed by atoms with Gasteiger partial charge in [0.05, 0.1) is 6.54 Å². The predicted molar refractivity (Wildman–Crippen MR) is 86.9 cm³/mol.